The van der Waals surface area contributed by atoms with Crippen molar-refractivity contribution < 1.29 is 0 Å². The zero-order chi connectivity index (χ0) is 14.8. The van der Waals surface area contributed by atoms with Gasteiger partial charge in [0, 0.05) is 23.1 Å². The fraction of sp³-hybridized carbons (Fsp3) is 0.643. The molecular formula is C14H20N4OS. The van der Waals surface area contributed by atoms with Crippen molar-refractivity contribution in [2.75, 3.05) is 0 Å². The normalized spacial score (nSPS) is 25.9. The lowest BCUT2D eigenvalue weighted by molar-refractivity contribution is 0.386. The Bertz CT molecular complexity index is 577. The molecular weight excluding hydrogens is 272 g/mol. The van der Waals surface area contributed by atoms with Gasteiger partial charge in [0.1, 0.15) is 5.54 Å². The molecule has 1 aliphatic rings. The van der Waals surface area contributed by atoms with Crippen LogP contribution in [0, 0.1) is 18.3 Å². The van der Waals surface area contributed by atoms with E-state index in [4.69, 9.17) is 0 Å². The number of aromatic nitrogens is 2. The smallest absolute Gasteiger partial charge is 0.251 e. The molecule has 0 bridgehead atoms. The van der Waals surface area contributed by atoms with Crippen LogP contribution in [0.25, 0.3) is 0 Å². The average molecular weight is 292 g/mol. The number of H-pyrrole nitrogens is 1. The highest BCUT2D eigenvalue weighted by Crippen LogP contribution is 2.39. The van der Waals surface area contributed by atoms with Gasteiger partial charge in [-0.15, -0.1) is 0 Å². The summed E-state index contributed by atoms with van der Waals surface area (Å²) in [6.45, 7) is 5.92. The van der Waals surface area contributed by atoms with Gasteiger partial charge in [-0.3, -0.25) is 10.1 Å². The molecule has 1 saturated carbocycles. The summed E-state index contributed by atoms with van der Waals surface area (Å²) in [5.74, 6) is 0. The standard InChI is InChI=1S/C14H20N4OS/c1-9(2)18-14(8-15)5-4-11(7-14)20-13-16-10(3)6-12(19)17-13/h6,9,11,18H,4-5,7H2,1-3H3,(H,16,17,19). The van der Waals surface area contributed by atoms with E-state index in [1.54, 1.807) is 11.8 Å². The molecule has 0 saturated heterocycles. The van der Waals surface area contributed by atoms with Gasteiger partial charge in [-0.25, -0.2) is 4.98 Å². The van der Waals surface area contributed by atoms with Gasteiger partial charge in [-0.2, -0.15) is 5.26 Å². The summed E-state index contributed by atoms with van der Waals surface area (Å²) in [7, 11) is 0. The zero-order valence-electron chi connectivity index (χ0n) is 12.1. The number of aromatic amines is 1. The highest BCUT2D eigenvalue weighted by molar-refractivity contribution is 7.99. The first-order valence-electron chi connectivity index (χ1n) is 6.86. The van der Waals surface area contributed by atoms with Crippen molar-refractivity contribution in [3.63, 3.8) is 0 Å². The lowest BCUT2D eigenvalue weighted by atomic mass is 9.99. The van der Waals surface area contributed by atoms with Crippen LogP contribution in [0.1, 0.15) is 38.8 Å². The van der Waals surface area contributed by atoms with Crippen molar-refractivity contribution in [3.8, 4) is 6.07 Å². The van der Waals surface area contributed by atoms with E-state index in [0.29, 0.717) is 10.4 Å². The predicted molar refractivity (Wildman–Crippen MR) is 79.7 cm³/mol. The average Bonchev–Trinajstić information content (AvgIpc) is 2.70. The molecule has 2 unspecified atom stereocenters. The van der Waals surface area contributed by atoms with Gasteiger partial charge in [-0.1, -0.05) is 11.8 Å². The Morgan fingerprint density at radius 2 is 2.40 bits per heavy atom. The first kappa shape index (κ1) is 15.1. The van der Waals surface area contributed by atoms with Gasteiger partial charge in [0.15, 0.2) is 5.16 Å². The molecule has 1 aliphatic carbocycles. The van der Waals surface area contributed by atoms with Gasteiger partial charge in [0.2, 0.25) is 0 Å². The number of rotatable bonds is 4. The summed E-state index contributed by atoms with van der Waals surface area (Å²) in [5, 5.41) is 13.8. The fourth-order valence-corrected chi connectivity index (χ4v) is 3.96. The monoisotopic (exact) mass is 292 g/mol. The van der Waals surface area contributed by atoms with E-state index in [0.717, 1.165) is 25.0 Å². The summed E-state index contributed by atoms with van der Waals surface area (Å²) < 4.78 is 0. The molecule has 0 amide bonds. The molecule has 1 aromatic rings. The van der Waals surface area contributed by atoms with Crippen molar-refractivity contribution in [1.29, 1.82) is 5.26 Å². The van der Waals surface area contributed by atoms with E-state index in [2.05, 4.69) is 35.2 Å². The molecule has 1 heterocycles. The molecule has 1 aromatic heterocycles. The molecule has 0 aliphatic heterocycles. The predicted octanol–water partition coefficient (Wildman–Crippen LogP) is 1.98. The Labute approximate surface area is 123 Å². The maximum atomic E-state index is 11.4. The van der Waals surface area contributed by atoms with Crippen LogP contribution in [0.2, 0.25) is 0 Å². The van der Waals surface area contributed by atoms with Crippen molar-refractivity contribution in [3.05, 3.63) is 22.1 Å². The third-order valence-corrected chi connectivity index (χ3v) is 4.53. The molecule has 2 N–H and O–H groups in total. The molecule has 2 atom stereocenters. The summed E-state index contributed by atoms with van der Waals surface area (Å²) in [6.07, 6.45) is 2.58. The largest absolute Gasteiger partial charge is 0.301 e. The summed E-state index contributed by atoms with van der Waals surface area (Å²) in [6, 6.07) is 4.20. The van der Waals surface area contributed by atoms with Crippen molar-refractivity contribution >= 4 is 11.8 Å². The highest BCUT2D eigenvalue weighted by atomic mass is 32.2. The number of hydrogen-bond acceptors (Lipinski definition) is 5. The Balaban J connectivity index is 2.06. The lowest BCUT2D eigenvalue weighted by Crippen LogP contribution is -2.45. The van der Waals surface area contributed by atoms with Crippen LogP contribution in [0.3, 0.4) is 0 Å². The number of thioether (sulfide) groups is 1. The van der Waals surface area contributed by atoms with Crippen molar-refractivity contribution in [1.82, 2.24) is 15.3 Å². The fourth-order valence-electron chi connectivity index (χ4n) is 2.68. The van der Waals surface area contributed by atoms with E-state index >= 15 is 0 Å². The van der Waals surface area contributed by atoms with Crippen LogP contribution in [0.4, 0.5) is 0 Å². The quantitative estimate of drug-likeness (QED) is 0.829. The number of aryl methyl sites for hydroxylation is 1. The zero-order valence-corrected chi connectivity index (χ0v) is 12.9. The number of hydrogen-bond donors (Lipinski definition) is 2. The van der Waals surface area contributed by atoms with Crippen molar-refractivity contribution in [2.45, 2.75) is 62.0 Å². The van der Waals surface area contributed by atoms with E-state index in [1.807, 2.05) is 6.92 Å². The third-order valence-electron chi connectivity index (χ3n) is 3.37. The van der Waals surface area contributed by atoms with Gasteiger partial charge in [0.05, 0.1) is 6.07 Å². The van der Waals surface area contributed by atoms with Gasteiger partial charge in [0.25, 0.3) is 5.56 Å². The number of nitriles is 1. The molecule has 0 spiro atoms. The first-order valence-corrected chi connectivity index (χ1v) is 7.74. The molecule has 108 valence electrons. The van der Waals surface area contributed by atoms with Crippen LogP contribution in [0.5, 0.6) is 0 Å². The van der Waals surface area contributed by atoms with E-state index in [1.165, 1.54) is 6.07 Å². The molecule has 20 heavy (non-hydrogen) atoms. The summed E-state index contributed by atoms with van der Waals surface area (Å²) in [4.78, 5) is 18.5. The second-order valence-corrected chi connectivity index (χ2v) is 6.96. The van der Waals surface area contributed by atoms with Crippen LogP contribution in [0.15, 0.2) is 16.0 Å². The third kappa shape index (κ3) is 3.62. The SMILES string of the molecule is Cc1cc(=O)[nH]c(SC2CCC(C#N)(NC(C)C)C2)n1. The van der Waals surface area contributed by atoms with Crippen LogP contribution in [-0.2, 0) is 0 Å². The molecule has 2 rings (SSSR count). The van der Waals surface area contributed by atoms with E-state index < -0.39 is 5.54 Å². The van der Waals surface area contributed by atoms with Crippen LogP contribution >= 0.6 is 11.8 Å². The molecule has 1 fully saturated rings. The van der Waals surface area contributed by atoms with Crippen LogP contribution < -0.4 is 10.9 Å². The second-order valence-electron chi connectivity index (χ2n) is 5.67. The Hall–Kier alpha value is -1.32. The topological polar surface area (TPSA) is 81.6 Å². The van der Waals surface area contributed by atoms with Crippen molar-refractivity contribution in [2.24, 2.45) is 0 Å². The Morgan fingerprint density at radius 1 is 1.65 bits per heavy atom. The van der Waals surface area contributed by atoms with Gasteiger partial charge in [-0.05, 0) is 40.0 Å². The number of nitrogens with one attached hydrogen (secondary N) is 2. The Kier molecular flexibility index (Phi) is 4.51. The summed E-state index contributed by atoms with van der Waals surface area (Å²) in [5.41, 5.74) is 0.168. The Morgan fingerprint density at radius 3 is 3.00 bits per heavy atom. The second kappa shape index (κ2) is 5.98. The maximum Gasteiger partial charge on any atom is 0.251 e. The van der Waals surface area contributed by atoms with E-state index in [-0.39, 0.29) is 11.6 Å². The van der Waals surface area contributed by atoms with Gasteiger partial charge >= 0.3 is 0 Å². The maximum absolute atomic E-state index is 11.4. The number of nitrogens with zero attached hydrogens (tertiary/aromatic N) is 2. The molecule has 5 nitrogen and oxygen atoms in total. The first-order chi connectivity index (χ1) is 9.42. The molecule has 0 aromatic carbocycles. The highest BCUT2D eigenvalue weighted by Gasteiger charge is 2.40. The summed E-state index contributed by atoms with van der Waals surface area (Å²) >= 11 is 1.57. The molecule has 6 heteroatoms. The molecule has 0 radical (unpaired) electrons. The van der Waals surface area contributed by atoms with Gasteiger partial charge < -0.3 is 4.98 Å². The van der Waals surface area contributed by atoms with E-state index in [9.17, 15) is 10.1 Å². The lowest BCUT2D eigenvalue weighted by Gasteiger charge is -2.25. The minimum Gasteiger partial charge on any atom is -0.301 e. The minimum atomic E-state index is -0.435. The van der Waals surface area contributed by atoms with Crippen LogP contribution in [-0.4, -0.2) is 26.8 Å². The minimum absolute atomic E-state index is 0.121.